The highest BCUT2D eigenvalue weighted by Crippen LogP contribution is 2.17. The van der Waals surface area contributed by atoms with Crippen LogP contribution >= 0.6 is 11.6 Å². The maximum absolute atomic E-state index is 12.6. The number of nitrogens with zero attached hydrogens (tertiary/aromatic N) is 4. The van der Waals surface area contributed by atoms with E-state index in [0.29, 0.717) is 42.8 Å². The Morgan fingerprint density at radius 1 is 1.23 bits per heavy atom. The fourth-order valence-corrected chi connectivity index (χ4v) is 2.47. The van der Waals surface area contributed by atoms with Crippen molar-refractivity contribution in [2.45, 2.75) is 0 Å². The van der Waals surface area contributed by atoms with Crippen molar-refractivity contribution in [2.75, 3.05) is 31.2 Å². The maximum Gasteiger partial charge on any atom is 0.278 e. The van der Waals surface area contributed by atoms with Crippen LogP contribution in [0.5, 0.6) is 0 Å². The normalized spacial score (nSPS) is 14.6. The van der Waals surface area contributed by atoms with Crippen LogP contribution in [0.25, 0.3) is 5.69 Å². The second kappa shape index (κ2) is 6.18. The van der Waals surface area contributed by atoms with Gasteiger partial charge < -0.3 is 9.64 Å². The summed E-state index contributed by atoms with van der Waals surface area (Å²) in [5.41, 5.74) is 0.271. The van der Waals surface area contributed by atoms with Gasteiger partial charge in [-0.1, -0.05) is 11.6 Å². The molecule has 0 amide bonds. The first-order valence-electron chi connectivity index (χ1n) is 6.81. The average molecular weight is 317 g/mol. The molecular weight excluding hydrogens is 304 g/mol. The number of rotatable bonds is 2. The number of halogens is 1. The van der Waals surface area contributed by atoms with Crippen LogP contribution in [-0.2, 0) is 4.74 Å². The molecule has 0 radical (unpaired) electrons. The molecule has 6 nitrogen and oxygen atoms in total. The summed E-state index contributed by atoms with van der Waals surface area (Å²) in [4.78, 5) is 18.8. The van der Waals surface area contributed by atoms with Gasteiger partial charge in [0.2, 0.25) is 0 Å². The molecule has 2 heterocycles. The Labute approximate surface area is 132 Å². The lowest BCUT2D eigenvalue weighted by atomic mass is 10.2. The van der Waals surface area contributed by atoms with Crippen molar-refractivity contribution in [1.82, 2.24) is 9.55 Å². The first kappa shape index (κ1) is 14.6. The predicted molar refractivity (Wildman–Crippen MR) is 82.6 cm³/mol. The minimum Gasteiger partial charge on any atom is -0.378 e. The molecule has 1 saturated heterocycles. The summed E-state index contributed by atoms with van der Waals surface area (Å²) < 4.78 is 6.63. The van der Waals surface area contributed by atoms with Gasteiger partial charge in [0.25, 0.3) is 5.56 Å². The van der Waals surface area contributed by atoms with E-state index in [1.807, 2.05) is 11.0 Å². The summed E-state index contributed by atoms with van der Waals surface area (Å²) in [6, 6.07) is 8.77. The van der Waals surface area contributed by atoms with Crippen LogP contribution in [-0.4, -0.2) is 35.9 Å². The Kier molecular flexibility index (Phi) is 4.09. The van der Waals surface area contributed by atoms with Crippen molar-refractivity contribution in [2.24, 2.45) is 0 Å². The highest BCUT2D eigenvalue weighted by atomic mass is 35.5. The molecule has 0 spiro atoms. The summed E-state index contributed by atoms with van der Waals surface area (Å²) in [5, 5.41) is 9.94. The largest absolute Gasteiger partial charge is 0.378 e. The van der Waals surface area contributed by atoms with E-state index in [2.05, 4.69) is 4.98 Å². The molecule has 0 N–H and O–H groups in total. The van der Waals surface area contributed by atoms with Gasteiger partial charge in [-0.3, -0.25) is 9.36 Å². The molecule has 1 aliphatic rings. The van der Waals surface area contributed by atoms with Crippen molar-refractivity contribution in [1.29, 1.82) is 5.26 Å². The first-order chi connectivity index (χ1) is 10.7. The van der Waals surface area contributed by atoms with Crippen molar-refractivity contribution in [3.8, 4) is 11.8 Å². The van der Waals surface area contributed by atoms with Gasteiger partial charge in [-0.15, -0.1) is 0 Å². The molecule has 2 aromatic rings. The van der Waals surface area contributed by atoms with Crippen molar-refractivity contribution >= 4 is 17.4 Å². The minimum atomic E-state index is -0.388. The van der Waals surface area contributed by atoms with Gasteiger partial charge in [0.05, 0.1) is 18.9 Å². The third-order valence-electron chi connectivity index (χ3n) is 3.48. The van der Waals surface area contributed by atoms with Gasteiger partial charge in [-0.05, 0) is 24.3 Å². The van der Waals surface area contributed by atoms with Gasteiger partial charge in [0.1, 0.15) is 12.4 Å². The monoisotopic (exact) mass is 316 g/mol. The number of aromatic nitrogens is 2. The fourth-order valence-electron chi connectivity index (χ4n) is 2.34. The molecule has 0 bridgehead atoms. The van der Waals surface area contributed by atoms with Crippen LogP contribution in [0.1, 0.15) is 5.56 Å². The molecule has 0 saturated carbocycles. The van der Waals surface area contributed by atoms with E-state index in [1.165, 1.54) is 10.9 Å². The molecular formula is C15H13ClN4O2. The van der Waals surface area contributed by atoms with Gasteiger partial charge >= 0.3 is 0 Å². The van der Waals surface area contributed by atoms with Crippen LogP contribution in [0, 0.1) is 11.3 Å². The first-order valence-corrected chi connectivity index (χ1v) is 7.19. The number of benzene rings is 1. The molecule has 1 aliphatic heterocycles. The Morgan fingerprint density at radius 3 is 2.55 bits per heavy atom. The molecule has 1 aromatic carbocycles. The molecule has 0 unspecified atom stereocenters. The molecule has 1 fully saturated rings. The van der Waals surface area contributed by atoms with E-state index >= 15 is 0 Å². The number of morpholine rings is 1. The standard InChI is InChI=1S/C15H13ClN4O2/c16-11-1-3-12(4-2-11)20-10-18-14(13(9-17)15(20)21)19-5-7-22-8-6-19/h1-4,10H,5-8H2. The zero-order valence-electron chi connectivity index (χ0n) is 11.7. The summed E-state index contributed by atoms with van der Waals surface area (Å²) in [5.74, 6) is 0.418. The van der Waals surface area contributed by atoms with Crippen molar-refractivity contribution < 1.29 is 4.74 Å². The number of ether oxygens (including phenoxy) is 1. The predicted octanol–water partition coefficient (Wildman–Crippen LogP) is 1.59. The van der Waals surface area contributed by atoms with E-state index in [4.69, 9.17) is 16.3 Å². The Morgan fingerprint density at radius 2 is 1.91 bits per heavy atom. The van der Waals surface area contributed by atoms with Gasteiger partial charge in [-0.25, -0.2) is 4.98 Å². The molecule has 7 heteroatoms. The van der Waals surface area contributed by atoms with E-state index in [9.17, 15) is 10.1 Å². The van der Waals surface area contributed by atoms with Crippen LogP contribution in [0.3, 0.4) is 0 Å². The van der Waals surface area contributed by atoms with Gasteiger partial charge in [0, 0.05) is 18.1 Å². The SMILES string of the molecule is N#Cc1c(N2CCOCC2)ncn(-c2ccc(Cl)cc2)c1=O. The number of nitriles is 1. The lowest BCUT2D eigenvalue weighted by Gasteiger charge is -2.28. The highest BCUT2D eigenvalue weighted by Gasteiger charge is 2.20. The fraction of sp³-hybridized carbons (Fsp3) is 0.267. The van der Waals surface area contributed by atoms with Gasteiger partial charge in [-0.2, -0.15) is 5.26 Å². The van der Waals surface area contributed by atoms with Crippen LogP contribution in [0.15, 0.2) is 35.4 Å². The van der Waals surface area contributed by atoms with E-state index < -0.39 is 0 Å². The third-order valence-corrected chi connectivity index (χ3v) is 3.73. The molecule has 0 aliphatic carbocycles. The van der Waals surface area contributed by atoms with Crippen molar-refractivity contribution in [3.63, 3.8) is 0 Å². The summed E-state index contributed by atoms with van der Waals surface area (Å²) in [6.45, 7) is 2.36. The van der Waals surface area contributed by atoms with Crippen LogP contribution < -0.4 is 10.5 Å². The summed E-state index contributed by atoms with van der Waals surface area (Å²) >= 11 is 5.85. The molecule has 0 atom stereocenters. The lowest BCUT2D eigenvalue weighted by molar-refractivity contribution is 0.122. The highest BCUT2D eigenvalue weighted by molar-refractivity contribution is 6.30. The van der Waals surface area contributed by atoms with Crippen LogP contribution in [0.4, 0.5) is 5.82 Å². The maximum atomic E-state index is 12.6. The van der Waals surface area contributed by atoms with Crippen molar-refractivity contribution in [3.05, 3.63) is 51.5 Å². The zero-order chi connectivity index (χ0) is 15.5. The average Bonchev–Trinajstić information content (AvgIpc) is 2.56. The lowest BCUT2D eigenvalue weighted by Crippen LogP contribution is -2.39. The second-order valence-electron chi connectivity index (χ2n) is 4.81. The van der Waals surface area contributed by atoms with E-state index in [0.717, 1.165) is 0 Å². The third kappa shape index (κ3) is 2.69. The molecule has 3 rings (SSSR count). The minimum absolute atomic E-state index is 0.0411. The zero-order valence-corrected chi connectivity index (χ0v) is 12.5. The van der Waals surface area contributed by atoms with E-state index in [1.54, 1.807) is 24.3 Å². The van der Waals surface area contributed by atoms with E-state index in [-0.39, 0.29) is 11.1 Å². The molecule has 1 aromatic heterocycles. The number of hydrogen-bond acceptors (Lipinski definition) is 5. The number of hydrogen-bond donors (Lipinski definition) is 0. The summed E-state index contributed by atoms with van der Waals surface area (Å²) in [6.07, 6.45) is 1.44. The molecule has 112 valence electrons. The second-order valence-corrected chi connectivity index (χ2v) is 5.24. The summed E-state index contributed by atoms with van der Waals surface area (Å²) in [7, 11) is 0. The molecule has 22 heavy (non-hydrogen) atoms. The number of anilines is 1. The quantitative estimate of drug-likeness (QED) is 0.841. The van der Waals surface area contributed by atoms with Crippen LogP contribution in [0.2, 0.25) is 5.02 Å². The topological polar surface area (TPSA) is 71.2 Å². The van der Waals surface area contributed by atoms with Gasteiger partial charge in [0.15, 0.2) is 11.4 Å². The Bertz CT molecular complexity index is 774. The Balaban J connectivity index is 2.06. The Hall–Kier alpha value is -2.36. The smallest absolute Gasteiger partial charge is 0.278 e.